The molecule has 3 aliphatic heterocycles. The number of ether oxygens (including phenoxy) is 2. The van der Waals surface area contributed by atoms with Gasteiger partial charge < -0.3 is 14.8 Å². The van der Waals surface area contributed by atoms with Gasteiger partial charge in [-0.2, -0.15) is 0 Å². The minimum Gasteiger partial charge on any atom is -0.381 e. The van der Waals surface area contributed by atoms with E-state index in [9.17, 15) is 4.79 Å². The highest BCUT2D eigenvalue weighted by Crippen LogP contribution is 2.36. The second-order valence-electron chi connectivity index (χ2n) is 7.35. The largest absolute Gasteiger partial charge is 0.381 e. The van der Waals surface area contributed by atoms with Crippen LogP contribution in [0.25, 0.3) is 0 Å². The van der Waals surface area contributed by atoms with Crippen molar-refractivity contribution in [3.05, 3.63) is 24.3 Å². The molecular formula is C18H26N4O3. The minimum atomic E-state index is -0.144. The SMILES string of the molecule is O=C(N[C@H]1CCO[C@]2(CCN(C3CCOCC3)C2)C1)c1cnccn1. The summed E-state index contributed by atoms with van der Waals surface area (Å²) in [7, 11) is 0. The van der Waals surface area contributed by atoms with Gasteiger partial charge in [0.15, 0.2) is 0 Å². The third kappa shape index (κ3) is 3.83. The first-order valence-electron chi connectivity index (χ1n) is 9.27. The van der Waals surface area contributed by atoms with E-state index in [0.717, 1.165) is 58.4 Å². The Morgan fingerprint density at radius 3 is 2.92 bits per heavy atom. The highest BCUT2D eigenvalue weighted by Gasteiger charge is 2.45. The van der Waals surface area contributed by atoms with Crippen molar-refractivity contribution in [1.82, 2.24) is 20.2 Å². The van der Waals surface area contributed by atoms with Crippen LogP contribution >= 0.6 is 0 Å². The zero-order valence-electron chi connectivity index (χ0n) is 14.5. The van der Waals surface area contributed by atoms with Gasteiger partial charge in [-0.1, -0.05) is 0 Å². The van der Waals surface area contributed by atoms with Crippen molar-refractivity contribution < 1.29 is 14.3 Å². The van der Waals surface area contributed by atoms with Crippen LogP contribution in [0.1, 0.15) is 42.6 Å². The summed E-state index contributed by atoms with van der Waals surface area (Å²) in [5, 5.41) is 3.12. The van der Waals surface area contributed by atoms with Crippen LogP contribution in [-0.4, -0.2) is 71.4 Å². The molecule has 7 nitrogen and oxygen atoms in total. The molecule has 1 aromatic rings. The number of hydrogen-bond acceptors (Lipinski definition) is 6. The lowest BCUT2D eigenvalue weighted by atomic mass is 9.89. The highest BCUT2D eigenvalue weighted by atomic mass is 16.5. The van der Waals surface area contributed by atoms with Crippen molar-refractivity contribution in [2.45, 2.75) is 49.8 Å². The van der Waals surface area contributed by atoms with Crippen molar-refractivity contribution >= 4 is 5.91 Å². The Balaban J connectivity index is 1.35. The van der Waals surface area contributed by atoms with Gasteiger partial charge in [0.2, 0.25) is 0 Å². The van der Waals surface area contributed by atoms with Gasteiger partial charge in [0.1, 0.15) is 5.69 Å². The molecular weight excluding hydrogens is 320 g/mol. The second kappa shape index (κ2) is 7.35. The quantitative estimate of drug-likeness (QED) is 0.880. The molecule has 4 heterocycles. The third-order valence-corrected chi connectivity index (χ3v) is 5.68. The van der Waals surface area contributed by atoms with E-state index in [1.54, 1.807) is 12.4 Å². The summed E-state index contributed by atoms with van der Waals surface area (Å²) in [4.78, 5) is 23.0. The monoisotopic (exact) mass is 346 g/mol. The van der Waals surface area contributed by atoms with Crippen molar-refractivity contribution in [3.8, 4) is 0 Å². The van der Waals surface area contributed by atoms with Crippen LogP contribution in [0, 0.1) is 0 Å². The minimum absolute atomic E-state index is 0.114. The molecule has 0 unspecified atom stereocenters. The maximum Gasteiger partial charge on any atom is 0.271 e. The second-order valence-corrected chi connectivity index (χ2v) is 7.35. The maximum absolute atomic E-state index is 12.3. The highest BCUT2D eigenvalue weighted by molar-refractivity contribution is 5.92. The van der Waals surface area contributed by atoms with E-state index in [1.807, 2.05) is 0 Å². The molecule has 136 valence electrons. The van der Waals surface area contributed by atoms with E-state index in [-0.39, 0.29) is 17.6 Å². The number of nitrogens with zero attached hydrogens (tertiary/aromatic N) is 3. The first-order chi connectivity index (χ1) is 12.2. The molecule has 1 spiro atoms. The molecule has 4 rings (SSSR count). The Morgan fingerprint density at radius 2 is 2.12 bits per heavy atom. The molecule has 1 amide bonds. The Hall–Kier alpha value is -1.57. The number of aromatic nitrogens is 2. The molecule has 1 aromatic heterocycles. The topological polar surface area (TPSA) is 76.6 Å². The summed E-state index contributed by atoms with van der Waals surface area (Å²) in [5.41, 5.74) is 0.259. The number of carbonyl (C=O) groups is 1. The summed E-state index contributed by atoms with van der Waals surface area (Å²) < 4.78 is 11.7. The number of hydrogen-bond donors (Lipinski definition) is 1. The third-order valence-electron chi connectivity index (χ3n) is 5.68. The summed E-state index contributed by atoms with van der Waals surface area (Å²) in [6.45, 7) is 4.48. The van der Waals surface area contributed by atoms with Gasteiger partial charge in [-0.05, 0) is 32.1 Å². The number of amides is 1. The van der Waals surface area contributed by atoms with Crippen LogP contribution < -0.4 is 5.32 Å². The zero-order valence-corrected chi connectivity index (χ0v) is 14.5. The van der Waals surface area contributed by atoms with Crippen LogP contribution in [0.5, 0.6) is 0 Å². The molecule has 3 saturated heterocycles. The predicted molar refractivity (Wildman–Crippen MR) is 91.2 cm³/mol. The van der Waals surface area contributed by atoms with Crippen molar-refractivity contribution in [2.24, 2.45) is 0 Å². The van der Waals surface area contributed by atoms with E-state index in [4.69, 9.17) is 9.47 Å². The van der Waals surface area contributed by atoms with Gasteiger partial charge in [-0.25, -0.2) is 4.98 Å². The molecule has 0 radical (unpaired) electrons. The van der Waals surface area contributed by atoms with Crippen LogP contribution in [0.4, 0.5) is 0 Å². The Kier molecular flexibility index (Phi) is 4.96. The van der Waals surface area contributed by atoms with E-state index in [1.165, 1.54) is 6.20 Å². The fraction of sp³-hybridized carbons (Fsp3) is 0.722. The first-order valence-corrected chi connectivity index (χ1v) is 9.27. The Labute approximate surface area is 148 Å². The number of carbonyl (C=O) groups excluding carboxylic acids is 1. The van der Waals surface area contributed by atoms with Crippen LogP contribution in [0.3, 0.4) is 0 Å². The maximum atomic E-state index is 12.3. The average molecular weight is 346 g/mol. The van der Waals surface area contributed by atoms with Crippen molar-refractivity contribution in [1.29, 1.82) is 0 Å². The normalized spacial score (nSPS) is 31.3. The van der Waals surface area contributed by atoms with E-state index in [0.29, 0.717) is 18.3 Å². The Morgan fingerprint density at radius 1 is 1.24 bits per heavy atom. The molecule has 0 aliphatic carbocycles. The molecule has 0 saturated carbocycles. The molecule has 3 fully saturated rings. The van der Waals surface area contributed by atoms with E-state index < -0.39 is 0 Å². The lowest BCUT2D eigenvalue weighted by molar-refractivity contribution is -0.0828. The summed E-state index contributed by atoms with van der Waals surface area (Å²) in [5.74, 6) is -0.144. The summed E-state index contributed by atoms with van der Waals surface area (Å²) >= 11 is 0. The lowest BCUT2D eigenvalue weighted by Gasteiger charge is -2.39. The van der Waals surface area contributed by atoms with E-state index >= 15 is 0 Å². The average Bonchev–Trinajstić information content (AvgIpc) is 3.06. The van der Waals surface area contributed by atoms with Gasteiger partial charge >= 0.3 is 0 Å². The number of rotatable bonds is 3. The summed E-state index contributed by atoms with van der Waals surface area (Å²) in [6.07, 6.45) is 9.62. The predicted octanol–water partition coefficient (Wildman–Crippen LogP) is 1.01. The van der Waals surface area contributed by atoms with Crippen LogP contribution in [0.15, 0.2) is 18.6 Å². The molecule has 3 aliphatic rings. The summed E-state index contributed by atoms with van der Waals surface area (Å²) in [6, 6.07) is 0.754. The fourth-order valence-corrected chi connectivity index (χ4v) is 4.35. The molecule has 1 N–H and O–H groups in total. The van der Waals surface area contributed by atoms with Gasteiger partial charge in [0.25, 0.3) is 5.91 Å². The molecule has 7 heteroatoms. The van der Waals surface area contributed by atoms with Gasteiger partial charge in [-0.15, -0.1) is 0 Å². The van der Waals surface area contributed by atoms with E-state index in [2.05, 4.69) is 20.2 Å². The number of nitrogens with one attached hydrogen (secondary N) is 1. The van der Waals surface area contributed by atoms with Gasteiger partial charge in [0, 0.05) is 57.4 Å². The smallest absolute Gasteiger partial charge is 0.271 e. The lowest BCUT2D eigenvalue weighted by Crippen LogP contribution is -2.51. The molecule has 0 aromatic carbocycles. The number of likely N-dealkylation sites (tertiary alicyclic amines) is 1. The fourth-order valence-electron chi connectivity index (χ4n) is 4.35. The zero-order chi connectivity index (χ0) is 17.1. The Bertz CT molecular complexity index is 593. The standard InChI is InChI=1S/C18H26N4O3/c23-17(16-12-19-5-6-20-16)21-14-1-10-25-18(11-14)4-7-22(13-18)15-2-8-24-9-3-15/h5-6,12,14-15H,1-4,7-11,13H2,(H,21,23)/t14-,18+/m0/s1. The van der Waals surface area contributed by atoms with Crippen LogP contribution in [0.2, 0.25) is 0 Å². The van der Waals surface area contributed by atoms with Crippen molar-refractivity contribution in [3.63, 3.8) is 0 Å². The molecule has 25 heavy (non-hydrogen) atoms. The molecule has 0 bridgehead atoms. The van der Waals surface area contributed by atoms with Crippen molar-refractivity contribution in [2.75, 3.05) is 32.9 Å². The molecule has 2 atom stereocenters. The van der Waals surface area contributed by atoms with Crippen LogP contribution in [-0.2, 0) is 9.47 Å². The first kappa shape index (κ1) is 16.9. The van der Waals surface area contributed by atoms with Gasteiger partial charge in [-0.3, -0.25) is 14.7 Å². The van der Waals surface area contributed by atoms with Gasteiger partial charge in [0.05, 0.1) is 11.8 Å².